The molecule has 0 aliphatic carbocycles. The highest BCUT2D eigenvalue weighted by molar-refractivity contribution is 7.11. The lowest BCUT2D eigenvalue weighted by Crippen LogP contribution is -2.41. The number of carbonyl (C=O) groups is 1. The summed E-state index contributed by atoms with van der Waals surface area (Å²) in [5.41, 5.74) is 1.42. The smallest absolute Gasteiger partial charge is 0.303 e. The van der Waals surface area contributed by atoms with Crippen molar-refractivity contribution < 1.29 is 19.0 Å². The Labute approximate surface area is 223 Å². The van der Waals surface area contributed by atoms with Crippen molar-refractivity contribution in [3.8, 4) is 5.75 Å². The Morgan fingerprint density at radius 2 is 2.08 bits per heavy atom. The number of nitrogens with zero attached hydrogens (tertiary/aromatic N) is 2. The van der Waals surface area contributed by atoms with Crippen molar-refractivity contribution in [2.24, 2.45) is 11.8 Å². The molecule has 1 fully saturated rings. The lowest BCUT2D eigenvalue weighted by Gasteiger charge is -2.39. The van der Waals surface area contributed by atoms with Crippen molar-refractivity contribution in [3.63, 3.8) is 0 Å². The van der Waals surface area contributed by atoms with Crippen molar-refractivity contribution in [1.29, 1.82) is 0 Å². The Hall–Kier alpha value is -2.51. The average Bonchev–Trinajstić information content (AvgIpc) is 3.33. The summed E-state index contributed by atoms with van der Waals surface area (Å²) >= 11 is 1.88. The van der Waals surface area contributed by atoms with Gasteiger partial charge in [0, 0.05) is 34.3 Å². The number of methoxy groups -OCH3 is 1. The van der Waals surface area contributed by atoms with Gasteiger partial charge in [-0.1, -0.05) is 0 Å². The molecule has 4 rings (SSSR count). The number of benzene rings is 1. The predicted molar refractivity (Wildman–Crippen MR) is 148 cm³/mol. The molecule has 1 aliphatic heterocycles. The zero-order valence-corrected chi connectivity index (χ0v) is 22.8. The number of aromatic nitrogens is 1. The molecule has 7 heteroatoms. The molecule has 0 spiro atoms. The van der Waals surface area contributed by atoms with Crippen molar-refractivity contribution in [2.45, 2.75) is 64.5 Å². The molecule has 1 aliphatic rings. The third kappa shape index (κ3) is 7.74. The number of likely N-dealkylation sites (tertiary alicyclic amines) is 1. The van der Waals surface area contributed by atoms with Crippen molar-refractivity contribution in [3.05, 3.63) is 57.9 Å². The molecule has 3 aromatic rings. The van der Waals surface area contributed by atoms with E-state index in [9.17, 15) is 9.90 Å². The fourth-order valence-corrected chi connectivity index (χ4v) is 6.62. The Balaban J connectivity index is 1.32. The largest absolute Gasteiger partial charge is 0.497 e. The lowest BCUT2D eigenvalue weighted by molar-refractivity contribution is -0.137. The first kappa shape index (κ1) is 27.5. The number of alkyl halides is 1. The van der Waals surface area contributed by atoms with Crippen LogP contribution < -0.4 is 4.74 Å². The topological polar surface area (TPSA) is 62.7 Å². The standard InChI is InChI=1S/C30H39FN2O3S/c1-21-6-10-25(37-21)5-3-4-17-33-18-15-22(23(20-33)8-13-30(34)35)7-11-28(31)26-14-16-32-29-12-9-24(36-2)19-27(26)29/h6,9-10,12,14,16,19,22-23,28H,3-5,7-8,11,13,15,17-18,20H2,1-2H3,(H,34,35)/t22-,23+,28?/m1/s1. The zero-order chi connectivity index (χ0) is 26.2. The van der Waals surface area contributed by atoms with Gasteiger partial charge in [0.05, 0.1) is 12.6 Å². The molecular weight excluding hydrogens is 487 g/mol. The number of piperidine rings is 1. The molecule has 0 bridgehead atoms. The summed E-state index contributed by atoms with van der Waals surface area (Å²) in [6.45, 7) is 5.13. The van der Waals surface area contributed by atoms with Crippen LogP contribution in [0.1, 0.15) is 66.4 Å². The summed E-state index contributed by atoms with van der Waals surface area (Å²) < 4.78 is 20.9. The number of rotatable bonds is 13. The third-order valence-electron chi connectivity index (χ3n) is 7.76. The van der Waals surface area contributed by atoms with Crippen LogP contribution in [0.5, 0.6) is 5.75 Å². The quantitative estimate of drug-likeness (QED) is 0.238. The van der Waals surface area contributed by atoms with Crippen LogP contribution in [0.4, 0.5) is 4.39 Å². The molecule has 5 nitrogen and oxygen atoms in total. The van der Waals surface area contributed by atoms with Gasteiger partial charge in [0.25, 0.3) is 0 Å². The van der Waals surface area contributed by atoms with Gasteiger partial charge >= 0.3 is 5.97 Å². The zero-order valence-electron chi connectivity index (χ0n) is 22.0. The molecule has 2 aromatic heterocycles. The first-order valence-corrected chi connectivity index (χ1v) is 14.3. The Bertz CT molecular complexity index is 1170. The fraction of sp³-hybridized carbons (Fsp3) is 0.533. The third-order valence-corrected chi connectivity index (χ3v) is 8.82. The Morgan fingerprint density at radius 3 is 2.84 bits per heavy atom. The van der Waals surface area contributed by atoms with E-state index in [-0.39, 0.29) is 6.42 Å². The summed E-state index contributed by atoms with van der Waals surface area (Å²) in [6.07, 6.45) is 7.10. The minimum absolute atomic E-state index is 0.181. The van der Waals surface area contributed by atoms with Gasteiger partial charge < -0.3 is 14.7 Å². The van der Waals surface area contributed by atoms with Crippen molar-refractivity contribution in [2.75, 3.05) is 26.7 Å². The van der Waals surface area contributed by atoms with Gasteiger partial charge in [-0.25, -0.2) is 4.39 Å². The predicted octanol–water partition coefficient (Wildman–Crippen LogP) is 7.23. The average molecular weight is 527 g/mol. The molecule has 0 amide bonds. The molecule has 0 radical (unpaired) electrons. The summed E-state index contributed by atoms with van der Waals surface area (Å²) in [5, 5.41) is 10.1. The maximum absolute atomic E-state index is 15.5. The van der Waals surface area contributed by atoms with E-state index in [0.717, 1.165) is 56.2 Å². The van der Waals surface area contributed by atoms with Crippen LogP contribution in [0.2, 0.25) is 0 Å². The number of aryl methyl sites for hydroxylation is 2. The second-order valence-electron chi connectivity index (χ2n) is 10.3. The van der Waals surface area contributed by atoms with Crippen molar-refractivity contribution >= 4 is 28.2 Å². The van der Waals surface area contributed by atoms with Gasteiger partial charge in [-0.05, 0) is 119 Å². The highest BCUT2D eigenvalue weighted by Crippen LogP contribution is 2.36. The number of thiophene rings is 1. The first-order chi connectivity index (χ1) is 17.9. The molecule has 37 heavy (non-hydrogen) atoms. The number of carboxylic acid groups (broad SMARTS) is 1. The summed E-state index contributed by atoms with van der Waals surface area (Å²) in [7, 11) is 1.61. The highest BCUT2D eigenvalue weighted by atomic mass is 32.1. The van der Waals surface area contributed by atoms with Crippen LogP contribution in [0.25, 0.3) is 10.9 Å². The van der Waals surface area contributed by atoms with E-state index in [0.29, 0.717) is 36.0 Å². The number of carboxylic acids is 1. The van der Waals surface area contributed by atoms with Crippen LogP contribution in [0.3, 0.4) is 0 Å². The van der Waals surface area contributed by atoms with Crippen LogP contribution in [-0.2, 0) is 11.2 Å². The molecule has 1 saturated heterocycles. The van der Waals surface area contributed by atoms with Gasteiger partial charge in [-0.3, -0.25) is 9.78 Å². The second kappa shape index (κ2) is 13.3. The summed E-state index contributed by atoms with van der Waals surface area (Å²) in [5.74, 6) is 0.597. The van der Waals surface area contributed by atoms with Crippen LogP contribution in [0, 0.1) is 18.8 Å². The van der Waals surface area contributed by atoms with Crippen LogP contribution in [0.15, 0.2) is 42.6 Å². The molecule has 0 saturated carbocycles. The van der Waals surface area contributed by atoms with E-state index in [4.69, 9.17) is 4.74 Å². The highest BCUT2D eigenvalue weighted by Gasteiger charge is 2.30. The number of fused-ring (bicyclic) bond motifs is 1. The minimum Gasteiger partial charge on any atom is -0.497 e. The maximum Gasteiger partial charge on any atom is 0.303 e. The molecular formula is C30H39FN2O3S. The number of unbranched alkanes of at least 4 members (excludes halogenated alkanes) is 1. The number of ether oxygens (including phenoxy) is 1. The van der Waals surface area contributed by atoms with E-state index >= 15 is 4.39 Å². The van der Waals surface area contributed by atoms with Crippen molar-refractivity contribution in [1.82, 2.24) is 9.88 Å². The van der Waals surface area contributed by atoms with E-state index in [1.807, 2.05) is 29.5 Å². The first-order valence-electron chi connectivity index (χ1n) is 13.5. The monoisotopic (exact) mass is 526 g/mol. The SMILES string of the molecule is COc1ccc2nccc(C(F)CC[C@@H]3CCN(CCCCc4ccc(C)s4)C[C@@H]3CCC(=O)O)c2c1. The molecule has 1 N–H and O–H groups in total. The summed E-state index contributed by atoms with van der Waals surface area (Å²) in [6, 6.07) is 11.8. The Morgan fingerprint density at radius 1 is 1.22 bits per heavy atom. The van der Waals surface area contributed by atoms with E-state index in [1.165, 1.54) is 16.2 Å². The number of hydrogen-bond donors (Lipinski definition) is 1. The molecule has 3 atom stereocenters. The molecule has 1 unspecified atom stereocenters. The Kier molecular flexibility index (Phi) is 9.92. The molecule has 200 valence electrons. The fourth-order valence-electron chi connectivity index (χ4n) is 5.69. The number of halogens is 1. The van der Waals surface area contributed by atoms with Gasteiger partial charge in [0.1, 0.15) is 11.9 Å². The number of aliphatic carboxylic acids is 1. The maximum atomic E-state index is 15.5. The van der Waals surface area contributed by atoms with Crippen LogP contribution in [-0.4, -0.2) is 47.7 Å². The van der Waals surface area contributed by atoms with Gasteiger partial charge in [0.2, 0.25) is 0 Å². The number of hydrogen-bond acceptors (Lipinski definition) is 5. The van der Waals surface area contributed by atoms with Gasteiger partial charge in [-0.15, -0.1) is 11.3 Å². The van der Waals surface area contributed by atoms with Gasteiger partial charge in [0.15, 0.2) is 0 Å². The van der Waals surface area contributed by atoms with Gasteiger partial charge in [-0.2, -0.15) is 0 Å². The normalized spacial score (nSPS) is 19.2. The number of pyridine rings is 1. The minimum atomic E-state index is -1.09. The summed E-state index contributed by atoms with van der Waals surface area (Å²) in [4.78, 5) is 21.0. The van der Waals surface area contributed by atoms with Crippen LogP contribution >= 0.6 is 11.3 Å². The van der Waals surface area contributed by atoms with E-state index < -0.39 is 12.1 Å². The second-order valence-corrected chi connectivity index (χ2v) is 11.7. The van der Waals surface area contributed by atoms with E-state index in [2.05, 4.69) is 28.9 Å². The van der Waals surface area contributed by atoms with E-state index in [1.54, 1.807) is 19.4 Å². The molecule has 1 aromatic carbocycles. The molecule has 3 heterocycles. The lowest BCUT2D eigenvalue weighted by atomic mass is 9.79.